The van der Waals surface area contributed by atoms with Crippen molar-refractivity contribution >= 4 is 34.5 Å². The summed E-state index contributed by atoms with van der Waals surface area (Å²) in [6.45, 7) is 4.95. The Bertz CT molecular complexity index is 2120. The standard InChI is InChI=1S/C35H32FN5O4S/c1-4-6-18-45-28-16-14-24(20-27(28)36)33-25(22-40(39-33)26-10-8-7-9-11-26)21-31-34(42)41-35(46-31)37-32(38-41)17-13-23-12-15-29(44-5-2)30(19-23)43-3/h7-17,19-22H,4-6,18H2,1-3H3/b17-13+,31-21-. The molecule has 0 atom stereocenters. The average molecular weight is 638 g/mol. The molecule has 0 saturated carbocycles. The lowest BCUT2D eigenvalue weighted by Gasteiger charge is -2.09. The molecule has 3 aromatic heterocycles. The predicted molar refractivity (Wildman–Crippen MR) is 178 cm³/mol. The van der Waals surface area contributed by atoms with Crippen LogP contribution in [-0.2, 0) is 0 Å². The van der Waals surface area contributed by atoms with Gasteiger partial charge in [0.05, 0.1) is 30.5 Å². The summed E-state index contributed by atoms with van der Waals surface area (Å²) in [5.41, 5.74) is 3.13. The third kappa shape index (κ3) is 6.54. The lowest BCUT2D eigenvalue weighted by molar-refractivity contribution is 0.294. The fourth-order valence-corrected chi connectivity index (χ4v) is 5.72. The van der Waals surface area contributed by atoms with Gasteiger partial charge in [-0.2, -0.15) is 14.6 Å². The van der Waals surface area contributed by atoms with Gasteiger partial charge in [0.25, 0.3) is 5.56 Å². The molecule has 0 amide bonds. The molecule has 0 radical (unpaired) electrons. The zero-order valence-electron chi connectivity index (χ0n) is 25.6. The van der Waals surface area contributed by atoms with E-state index in [-0.39, 0.29) is 11.3 Å². The number of unbranched alkanes of at least 4 members (excludes halogenated alkanes) is 1. The Morgan fingerprint density at radius 1 is 0.935 bits per heavy atom. The molecule has 0 aliphatic heterocycles. The molecule has 0 unspecified atom stereocenters. The third-order valence-electron chi connectivity index (χ3n) is 7.12. The fourth-order valence-electron chi connectivity index (χ4n) is 4.82. The Hall–Kier alpha value is -5.29. The molecule has 234 valence electrons. The molecule has 0 aliphatic rings. The van der Waals surface area contributed by atoms with Crippen molar-refractivity contribution in [2.45, 2.75) is 26.7 Å². The highest BCUT2D eigenvalue weighted by Gasteiger charge is 2.16. The van der Waals surface area contributed by atoms with E-state index in [0.29, 0.717) is 56.9 Å². The van der Waals surface area contributed by atoms with Crippen LogP contribution in [0.3, 0.4) is 0 Å². The molecule has 0 spiro atoms. The number of thiazole rings is 1. The first-order valence-corrected chi connectivity index (χ1v) is 15.8. The number of nitrogens with zero attached hydrogens (tertiary/aromatic N) is 5. The number of para-hydroxylation sites is 1. The van der Waals surface area contributed by atoms with Gasteiger partial charge in [-0.3, -0.25) is 4.79 Å². The second kappa shape index (κ2) is 13.8. The van der Waals surface area contributed by atoms with Crippen molar-refractivity contribution in [1.82, 2.24) is 24.4 Å². The summed E-state index contributed by atoms with van der Waals surface area (Å²) in [7, 11) is 1.59. The van der Waals surface area contributed by atoms with Crippen molar-refractivity contribution in [2.75, 3.05) is 20.3 Å². The molecule has 0 saturated heterocycles. The lowest BCUT2D eigenvalue weighted by atomic mass is 10.1. The molecule has 46 heavy (non-hydrogen) atoms. The normalized spacial score (nSPS) is 12.0. The predicted octanol–water partition coefficient (Wildman–Crippen LogP) is 6.45. The maximum absolute atomic E-state index is 15.1. The molecule has 0 N–H and O–H groups in total. The minimum atomic E-state index is -0.471. The molecule has 9 nitrogen and oxygen atoms in total. The maximum atomic E-state index is 15.1. The first-order chi connectivity index (χ1) is 22.5. The molecule has 0 fully saturated rings. The molecule has 0 bridgehead atoms. The van der Waals surface area contributed by atoms with Gasteiger partial charge in [0.15, 0.2) is 28.9 Å². The molecule has 11 heteroatoms. The van der Waals surface area contributed by atoms with Gasteiger partial charge in [0, 0.05) is 17.3 Å². The zero-order chi connectivity index (χ0) is 32.0. The van der Waals surface area contributed by atoms with E-state index in [1.54, 1.807) is 36.1 Å². The molecular weight excluding hydrogens is 605 g/mol. The fraction of sp³-hybridized carbons (Fsp3) is 0.200. The van der Waals surface area contributed by atoms with Crippen LogP contribution in [0.1, 0.15) is 43.6 Å². The molecule has 3 heterocycles. The lowest BCUT2D eigenvalue weighted by Crippen LogP contribution is -2.23. The number of methoxy groups -OCH3 is 1. The van der Waals surface area contributed by atoms with E-state index in [0.717, 1.165) is 24.1 Å². The van der Waals surface area contributed by atoms with Gasteiger partial charge in [0.2, 0.25) is 4.96 Å². The van der Waals surface area contributed by atoms with Gasteiger partial charge < -0.3 is 14.2 Å². The highest BCUT2D eigenvalue weighted by molar-refractivity contribution is 7.15. The van der Waals surface area contributed by atoms with Gasteiger partial charge in [-0.25, -0.2) is 9.07 Å². The van der Waals surface area contributed by atoms with Gasteiger partial charge in [0.1, 0.15) is 5.69 Å². The number of halogens is 1. The number of rotatable bonds is 12. The van der Waals surface area contributed by atoms with Crippen molar-refractivity contribution < 1.29 is 18.6 Å². The van der Waals surface area contributed by atoms with Gasteiger partial charge in [-0.15, -0.1) is 5.10 Å². The van der Waals surface area contributed by atoms with E-state index >= 15 is 4.39 Å². The van der Waals surface area contributed by atoms with Crippen LogP contribution in [0.5, 0.6) is 17.2 Å². The van der Waals surface area contributed by atoms with E-state index in [4.69, 9.17) is 19.3 Å². The number of fused-ring (bicyclic) bond motifs is 1. The smallest absolute Gasteiger partial charge is 0.291 e. The highest BCUT2D eigenvalue weighted by Crippen LogP contribution is 2.30. The van der Waals surface area contributed by atoms with Crippen LogP contribution in [0.25, 0.3) is 40.1 Å². The summed E-state index contributed by atoms with van der Waals surface area (Å²) in [5.74, 6) is 1.42. The van der Waals surface area contributed by atoms with E-state index in [1.807, 2.05) is 67.7 Å². The largest absolute Gasteiger partial charge is 0.493 e. The van der Waals surface area contributed by atoms with Gasteiger partial charge in [-0.1, -0.05) is 55.0 Å². The van der Waals surface area contributed by atoms with E-state index in [2.05, 4.69) is 17.0 Å². The van der Waals surface area contributed by atoms with Gasteiger partial charge >= 0.3 is 0 Å². The Balaban J connectivity index is 1.34. The van der Waals surface area contributed by atoms with Crippen molar-refractivity contribution in [3.8, 4) is 34.2 Å². The number of hydrogen-bond acceptors (Lipinski definition) is 8. The van der Waals surface area contributed by atoms with Gasteiger partial charge in [-0.05, 0) is 73.5 Å². The highest BCUT2D eigenvalue weighted by atomic mass is 32.1. The first kappa shape index (κ1) is 30.7. The Labute approximate surface area is 268 Å². The van der Waals surface area contributed by atoms with Crippen LogP contribution in [0.4, 0.5) is 4.39 Å². The molecule has 6 aromatic rings. The summed E-state index contributed by atoms with van der Waals surface area (Å²) in [6, 6.07) is 20.0. The van der Waals surface area contributed by atoms with E-state index < -0.39 is 5.82 Å². The molecule has 6 rings (SSSR count). The number of benzene rings is 3. The van der Waals surface area contributed by atoms with Crippen molar-refractivity contribution in [3.05, 3.63) is 111 Å². The monoisotopic (exact) mass is 637 g/mol. The maximum Gasteiger partial charge on any atom is 0.291 e. The van der Waals surface area contributed by atoms with Crippen LogP contribution in [0.15, 0.2) is 77.7 Å². The van der Waals surface area contributed by atoms with Crippen molar-refractivity contribution in [2.24, 2.45) is 0 Å². The zero-order valence-corrected chi connectivity index (χ0v) is 26.5. The number of ether oxygens (including phenoxy) is 3. The Kier molecular flexibility index (Phi) is 9.20. The Morgan fingerprint density at radius 2 is 1.76 bits per heavy atom. The third-order valence-corrected chi connectivity index (χ3v) is 8.08. The van der Waals surface area contributed by atoms with Crippen molar-refractivity contribution in [1.29, 1.82) is 0 Å². The summed E-state index contributed by atoms with van der Waals surface area (Å²) < 4.78 is 35.1. The molecule has 0 aliphatic carbocycles. The molecule has 3 aromatic carbocycles. The summed E-state index contributed by atoms with van der Waals surface area (Å²) >= 11 is 1.22. The SMILES string of the molecule is CCCCOc1ccc(-c2nn(-c3ccccc3)cc2/C=c2\sc3nc(/C=C/c4ccc(OCC)c(OC)c4)nn3c2=O)cc1F. The molecular formula is C35H32FN5O4S. The van der Waals surface area contributed by atoms with Crippen LogP contribution >= 0.6 is 11.3 Å². The van der Waals surface area contributed by atoms with Crippen LogP contribution in [0, 0.1) is 5.82 Å². The number of aromatic nitrogens is 5. The second-order valence-electron chi connectivity index (χ2n) is 10.3. The van der Waals surface area contributed by atoms with Crippen LogP contribution in [-0.4, -0.2) is 44.7 Å². The summed E-state index contributed by atoms with van der Waals surface area (Å²) in [5, 5.41) is 9.20. The number of hydrogen-bond donors (Lipinski definition) is 0. The van der Waals surface area contributed by atoms with E-state index in [9.17, 15) is 4.79 Å². The minimum Gasteiger partial charge on any atom is -0.493 e. The minimum absolute atomic E-state index is 0.198. The first-order valence-electron chi connectivity index (χ1n) is 15.0. The van der Waals surface area contributed by atoms with Crippen LogP contribution in [0.2, 0.25) is 0 Å². The summed E-state index contributed by atoms with van der Waals surface area (Å²) in [6.07, 6.45) is 8.95. The quantitative estimate of drug-likeness (QED) is 0.143. The summed E-state index contributed by atoms with van der Waals surface area (Å²) in [4.78, 5) is 18.4. The van der Waals surface area contributed by atoms with Crippen LogP contribution < -0.4 is 24.3 Å². The van der Waals surface area contributed by atoms with Crippen molar-refractivity contribution in [3.63, 3.8) is 0 Å². The second-order valence-corrected chi connectivity index (χ2v) is 11.3. The Morgan fingerprint density at radius 3 is 2.50 bits per heavy atom. The average Bonchev–Trinajstić information content (AvgIpc) is 3.76. The van der Waals surface area contributed by atoms with E-state index in [1.165, 1.54) is 21.9 Å². The topological polar surface area (TPSA) is 92.8 Å².